The highest BCUT2D eigenvalue weighted by Crippen LogP contribution is 2.19. The number of nitrogens with one attached hydrogen (secondary N) is 1. The molecule has 0 spiro atoms. The van der Waals surface area contributed by atoms with Gasteiger partial charge in [0.05, 0.1) is 16.9 Å². The maximum absolute atomic E-state index is 11.8. The maximum Gasteiger partial charge on any atom is 0.277 e. The van der Waals surface area contributed by atoms with Crippen molar-refractivity contribution in [3.05, 3.63) is 64.4 Å². The van der Waals surface area contributed by atoms with E-state index in [1.165, 1.54) is 17.2 Å². The molecule has 2 aromatic carbocycles. The van der Waals surface area contributed by atoms with Gasteiger partial charge in [-0.2, -0.15) is 5.10 Å². The smallest absolute Gasteiger partial charge is 0.277 e. The molecule has 0 unspecified atom stereocenters. The van der Waals surface area contributed by atoms with E-state index in [0.29, 0.717) is 21.4 Å². The molecule has 26 heavy (non-hydrogen) atoms. The summed E-state index contributed by atoms with van der Waals surface area (Å²) >= 11 is 11.8. The van der Waals surface area contributed by atoms with E-state index in [-0.39, 0.29) is 6.61 Å². The molecule has 1 aromatic heterocycles. The third-order valence-electron chi connectivity index (χ3n) is 3.18. The average Bonchev–Trinajstić information content (AvgIpc) is 3.17. The molecule has 0 aliphatic carbocycles. The molecule has 10 heteroatoms. The van der Waals surface area contributed by atoms with Gasteiger partial charge in [0.2, 0.25) is 0 Å². The normalized spacial score (nSPS) is 10.8. The van der Waals surface area contributed by atoms with Crippen LogP contribution in [0.1, 0.15) is 5.56 Å². The van der Waals surface area contributed by atoms with Crippen LogP contribution >= 0.6 is 23.2 Å². The summed E-state index contributed by atoms with van der Waals surface area (Å²) < 4.78 is 6.90. The molecule has 3 aromatic rings. The van der Waals surface area contributed by atoms with Gasteiger partial charge in [0.1, 0.15) is 12.1 Å². The molecule has 0 bridgehead atoms. The zero-order chi connectivity index (χ0) is 18.4. The van der Waals surface area contributed by atoms with Crippen molar-refractivity contribution in [2.45, 2.75) is 0 Å². The summed E-state index contributed by atoms with van der Waals surface area (Å²) in [6.07, 6.45) is 2.91. The van der Waals surface area contributed by atoms with Crippen molar-refractivity contribution in [1.29, 1.82) is 0 Å². The second-order valence-electron chi connectivity index (χ2n) is 5.00. The fraction of sp³-hybridized carbons (Fsp3) is 0.0625. The largest absolute Gasteiger partial charge is 0.484 e. The van der Waals surface area contributed by atoms with Crippen molar-refractivity contribution in [3.63, 3.8) is 0 Å². The van der Waals surface area contributed by atoms with Gasteiger partial charge in [0.15, 0.2) is 6.61 Å². The molecule has 0 aliphatic rings. The van der Waals surface area contributed by atoms with Gasteiger partial charge >= 0.3 is 0 Å². The fourth-order valence-electron chi connectivity index (χ4n) is 1.94. The number of aromatic nitrogens is 4. The minimum absolute atomic E-state index is 0.185. The van der Waals surface area contributed by atoms with Crippen LogP contribution in [0, 0.1) is 0 Å². The third-order valence-corrected chi connectivity index (χ3v) is 3.74. The first-order valence-corrected chi connectivity index (χ1v) is 8.10. The number of rotatable bonds is 6. The molecule has 3 rings (SSSR count). The molecular formula is C16H12Cl2N6O2. The Morgan fingerprint density at radius 3 is 2.73 bits per heavy atom. The molecular weight excluding hydrogens is 379 g/mol. The van der Waals surface area contributed by atoms with Crippen molar-refractivity contribution >= 4 is 35.3 Å². The maximum atomic E-state index is 11.8. The number of hydrazone groups is 1. The van der Waals surface area contributed by atoms with Crippen molar-refractivity contribution in [2.75, 3.05) is 6.61 Å². The summed E-state index contributed by atoms with van der Waals surface area (Å²) in [5.41, 5.74) is 3.77. The minimum atomic E-state index is -0.407. The highest BCUT2D eigenvalue weighted by molar-refractivity contribution is 6.36. The molecule has 0 radical (unpaired) electrons. The van der Waals surface area contributed by atoms with Gasteiger partial charge in [0, 0.05) is 10.6 Å². The number of hydrogen-bond acceptors (Lipinski definition) is 6. The molecule has 0 aliphatic heterocycles. The van der Waals surface area contributed by atoms with Gasteiger partial charge in [0.25, 0.3) is 5.91 Å². The zero-order valence-corrected chi connectivity index (χ0v) is 14.7. The Morgan fingerprint density at radius 2 is 2.04 bits per heavy atom. The lowest BCUT2D eigenvalue weighted by Gasteiger charge is -2.06. The van der Waals surface area contributed by atoms with Crippen LogP contribution < -0.4 is 10.2 Å². The number of hydrogen-bond donors (Lipinski definition) is 1. The molecule has 1 amide bonds. The van der Waals surface area contributed by atoms with E-state index < -0.39 is 5.91 Å². The van der Waals surface area contributed by atoms with Gasteiger partial charge in [-0.3, -0.25) is 4.79 Å². The second-order valence-corrected chi connectivity index (χ2v) is 5.84. The van der Waals surface area contributed by atoms with Crippen molar-refractivity contribution in [3.8, 4) is 11.4 Å². The Balaban J connectivity index is 1.48. The summed E-state index contributed by atoms with van der Waals surface area (Å²) in [7, 11) is 0. The molecule has 1 heterocycles. The number of carbonyl (C=O) groups excluding carboxylic acids is 1. The topological polar surface area (TPSA) is 94.3 Å². The SMILES string of the molecule is O=C(COc1ccc(-n2cnnn2)cc1)NN=Cc1ccc(Cl)cc1Cl. The molecule has 0 saturated heterocycles. The highest BCUT2D eigenvalue weighted by atomic mass is 35.5. The highest BCUT2D eigenvalue weighted by Gasteiger charge is 2.03. The summed E-state index contributed by atoms with van der Waals surface area (Å²) in [5.74, 6) is 0.123. The zero-order valence-electron chi connectivity index (χ0n) is 13.2. The first-order valence-electron chi connectivity index (χ1n) is 7.35. The summed E-state index contributed by atoms with van der Waals surface area (Å²) in [5, 5.41) is 15.7. The van der Waals surface area contributed by atoms with Crippen molar-refractivity contribution in [1.82, 2.24) is 25.6 Å². The number of benzene rings is 2. The Kier molecular flexibility index (Phi) is 5.77. The molecule has 1 N–H and O–H groups in total. The minimum Gasteiger partial charge on any atom is -0.484 e. The van der Waals surface area contributed by atoms with E-state index in [1.54, 1.807) is 42.5 Å². The van der Waals surface area contributed by atoms with Gasteiger partial charge in [-0.05, 0) is 46.8 Å². The van der Waals surface area contributed by atoms with Crippen molar-refractivity contribution in [2.24, 2.45) is 5.10 Å². The summed E-state index contributed by atoms with van der Waals surface area (Å²) in [6.45, 7) is -0.185. The van der Waals surface area contributed by atoms with Gasteiger partial charge in [-0.25, -0.2) is 10.1 Å². The lowest BCUT2D eigenvalue weighted by molar-refractivity contribution is -0.123. The van der Waals surface area contributed by atoms with E-state index in [4.69, 9.17) is 27.9 Å². The second kappa shape index (κ2) is 8.41. The predicted octanol–water partition coefficient (Wildman–Crippen LogP) is 2.50. The Morgan fingerprint density at radius 1 is 1.23 bits per heavy atom. The number of ether oxygens (including phenoxy) is 1. The fourth-order valence-corrected chi connectivity index (χ4v) is 2.39. The predicted molar refractivity (Wildman–Crippen MR) is 96.8 cm³/mol. The van der Waals surface area contributed by atoms with Crippen LogP contribution in [0.2, 0.25) is 10.0 Å². The van der Waals surface area contributed by atoms with Crippen molar-refractivity contribution < 1.29 is 9.53 Å². The molecule has 132 valence electrons. The first kappa shape index (κ1) is 17.8. The van der Waals surface area contributed by atoms with Crippen LogP contribution in [0.4, 0.5) is 0 Å². The van der Waals surface area contributed by atoms with Crippen LogP contribution in [0.5, 0.6) is 5.75 Å². The summed E-state index contributed by atoms with van der Waals surface area (Å²) in [4.78, 5) is 11.8. The van der Waals surface area contributed by atoms with Crippen LogP contribution in [-0.4, -0.2) is 38.9 Å². The van der Waals surface area contributed by atoms with Crippen LogP contribution in [0.15, 0.2) is 53.9 Å². The van der Waals surface area contributed by atoms with Gasteiger partial charge < -0.3 is 4.74 Å². The number of nitrogens with zero attached hydrogens (tertiary/aromatic N) is 5. The number of carbonyl (C=O) groups is 1. The Hall–Kier alpha value is -2.97. The van der Waals surface area contributed by atoms with Crippen LogP contribution in [0.3, 0.4) is 0 Å². The quantitative estimate of drug-likeness (QED) is 0.515. The number of halogens is 2. The lowest BCUT2D eigenvalue weighted by atomic mass is 10.2. The van der Waals surface area contributed by atoms with E-state index in [1.807, 2.05) is 0 Å². The van der Waals surface area contributed by atoms with Crippen LogP contribution in [-0.2, 0) is 4.79 Å². The molecule has 0 fully saturated rings. The standard InChI is InChI=1S/C16H12Cl2N6O2/c17-12-2-1-11(15(18)7-12)8-19-21-16(25)9-26-14-5-3-13(4-6-14)24-10-20-22-23-24/h1-8,10H,9H2,(H,21,25). The van der Waals surface area contributed by atoms with Gasteiger partial charge in [-0.15, -0.1) is 5.10 Å². The van der Waals surface area contributed by atoms with E-state index in [9.17, 15) is 4.79 Å². The third kappa shape index (κ3) is 4.78. The number of tetrazole rings is 1. The Bertz CT molecular complexity index is 913. The number of amides is 1. The molecule has 0 atom stereocenters. The first-order chi connectivity index (χ1) is 12.6. The monoisotopic (exact) mass is 390 g/mol. The Labute approximate surface area is 158 Å². The van der Waals surface area contributed by atoms with Crippen LogP contribution in [0.25, 0.3) is 5.69 Å². The molecule has 8 nitrogen and oxygen atoms in total. The molecule has 0 saturated carbocycles. The lowest BCUT2D eigenvalue weighted by Crippen LogP contribution is -2.24. The van der Waals surface area contributed by atoms with E-state index in [2.05, 4.69) is 26.1 Å². The average molecular weight is 391 g/mol. The van der Waals surface area contributed by atoms with E-state index >= 15 is 0 Å². The summed E-state index contributed by atoms with van der Waals surface area (Å²) in [6, 6.07) is 11.9. The van der Waals surface area contributed by atoms with E-state index in [0.717, 1.165) is 5.69 Å². The van der Waals surface area contributed by atoms with Gasteiger partial charge in [-0.1, -0.05) is 29.3 Å².